The van der Waals surface area contributed by atoms with Gasteiger partial charge in [-0.25, -0.2) is 9.18 Å². The Hall–Kier alpha value is -1.49. The van der Waals surface area contributed by atoms with Crippen molar-refractivity contribution in [3.05, 3.63) is 28.5 Å². The summed E-state index contributed by atoms with van der Waals surface area (Å²) >= 11 is 5.81. The Morgan fingerprint density at radius 2 is 2.35 bits per heavy atom. The number of hydrogen-bond acceptors (Lipinski definition) is 2. The highest BCUT2D eigenvalue weighted by molar-refractivity contribution is 6.30. The number of halogens is 2. The van der Waals surface area contributed by atoms with Crippen molar-refractivity contribution in [1.29, 1.82) is 0 Å². The topological polar surface area (TPSA) is 50.4 Å². The number of amides is 2. The van der Waals surface area contributed by atoms with Gasteiger partial charge < -0.3 is 15.4 Å². The van der Waals surface area contributed by atoms with Crippen LogP contribution < -0.4 is 15.4 Å². The van der Waals surface area contributed by atoms with Crippen molar-refractivity contribution in [2.24, 2.45) is 0 Å². The van der Waals surface area contributed by atoms with E-state index in [4.69, 9.17) is 16.3 Å². The lowest BCUT2D eigenvalue weighted by Gasteiger charge is -2.44. The van der Waals surface area contributed by atoms with Crippen LogP contribution in [0.5, 0.6) is 5.75 Å². The number of urea groups is 1. The highest BCUT2D eigenvalue weighted by Crippen LogP contribution is 2.42. The van der Waals surface area contributed by atoms with Gasteiger partial charge >= 0.3 is 6.03 Å². The maximum Gasteiger partial charge on any atom is 0.318 e. The lowest BCUT2D eigenvalue weighted by molar-refractivity contribution is 0.00807. The molecule has 2 bridgehead atoms. The van der Waals surface area contributed by atoms with Crippen LogP contribution >= 0.6 is 11.6 Å². The standard InChI is InChI=1S/C11H10ClFN2O2/c1-11-4-8(14-10(16)15-11)6-2-5(12)3-7(13)9(6)17-11/h2-3,8H,4H2,1H3,(H2,14,15,16). The fraction of sp³-hybridized carbons (Fsp3) is 0.364. The van der Waals surface area contributed by atoms with E-state index in [1.165, 1.54) is 6.07 Å². The van der Waals surface area contributed by atoms with Crippen LogP contribution in [0.25, 0.3) is 0 Å². The molecule has 0 radical (unpaired) electrons. The Balaban J connectivity index is 2.16. The summed E-state index contributed by atoms with van der Waals surface area (Å²) in [6.45, 7) is 1.72. The zero-order valence-corrected chi connectivity index (χ0v) is 9.77. The molecule has 2 heterocycles. The predicted molar refractivity (Wildman–Crippen MR) is 59.5 cm³/mol. The van der Waals surface area contributed by atoms with E-state index in [0.29, 0.717) is 17.0 Å². The Labute approximate surface area is 102 Å². The molecule has 2 atom stereocenters. The first-order valence-electron chi connectivity index (χ1n) is 5.23. The van der Waals surface area contributed by atoms with Gasteiger partial charge in [0.2, 0.25) is 0 Å². The van der Waals surface area contributed by atoms with E-state index in [2.05, 4.69) is 10.6 Å². The number of fused-ring (bicyclic) bond motifs is 4. The third kappa shape index (κ3) is 1.61. The van der Waals surface area contributed by atoms with E-state index >= 15 is 0 Å². The predicted octanol–water partition coefficient (Wildman–Crippen LogP) is 2.33. The van der Waals surface area contributed by atoms with Gasteiger partial charge in [0.1, 0.15) is 0 Å². The Bertz CT molecular complexity index is 522. The molecule has 2 N–H and O–H groups in total. The van der Waals surface area contributed by atoms with Crippen LogP contribution in [0.1, 0.15) is 24.9 Å². The molecule has 90 valence electrons. The molecular formula is C11H10ClFN2O2. The van der Waals surface area contributed by atoms with E-state index in [-0.39, 0.29) is 17.8 Å². The third-order valence-corrected chi connectivity index (χ3v) is 3.23. The van der Waals surface area contributed by atoms with Gasteiger partial charge in [0.25, 0.3) is 0 Å². The minimum atomic E-state index is -0.866. The summed E-state index contributed by atoms with van der Waals surface area (Å²) in [5.74, 6) is -0.359. The Kier molecular flexibility index (Phi) is 2.04. The minimum Gasteiger partial charge on any atom is -0.465 e. The van der Waals surface area contributed by atoms with E-state index in [0.717, 1.165) is 0 Å². The van der Waals surface area contributed by atoms with E-state index in [1.807, 2.05) is 0 Å². The van der Waals surface area contributed by atoms with Gasteiger partial charge in [-0.1, -0.05) is 11.6 Å². The van der Waals surface area contributed by atoms with Crippen LogP contribution in [0.3, 0.4) is 0 Å². The van der Waals surface area contributed by atoms with Crippen LogP contribution in [-0.4, -0.2) is 11.8 Å². The Morgan fingerprint density at radius 1 is 1.59 bits per heavy atom. The molecule has 0 aromatic heterocycles. The minimum absolute atomic E-state index is 0.153. The van der Waals surface area contributed by atoms with Crippen LogP contribution in [0, 0.1) is 5.82 Å². The van der Waals surface area contributed by atoms with E-state index in [9.17, 15) is 9.18 Å². The van der Waals surface area contributed by atoms with Crippen molar-refractivity contribution in [3.8, 4) is 5.75 Å². The average molecular weight is 257 g/mol. The fourth-order valence-electron chi connectivity index (χ4n) is 2.35. The molecule has 1 aromatic carbocycles. The quantitative estimate of drug-likeness (QED) is 0.749. The number of nitrogens with one attached hydrogen (secondary N) is 2. The molecule has 1 aromatic rings. The highest BCUT2D eigenvalue weighted by Gasteiger charge is 2.44. The molecule has 4 nitrogen and oxygen atoms in total. The average Bonchev–Trinajstić information content (AvgIpc) is 2.19. The second-order valence-corrected chi connectivity index (χ2v) is 4.93. The molecule has 0 spiro atoms. The summed E-state index contributed by atoms with van der Waals surface area (Å²) in [5.41, 5.74) is -0.281. The number of ether oxygens (including phenoxy) is 1. The SMILES string of the molecule is CC12CC(NC(=O)N1)c1cc(Cl)cc(F)c1O2. The maximum absolute atomic E-state index is 13.8. The van der Waals surface area contributed by atoms with Crippen molar-refractivity contribution in [1.82, 2.24) is 10.6 Å². The summed E-state index contributed by atoms with van der Waals surface area (Å²) in [7, 11) is 0. The first-order chi connectivity index (χ1) is 7.97. The molecule has 3 rings (SSSR count). The van der Waals surface area contributed by atoms with Gasteiger partial charge in [0.15, 0.2) is 17.3 Å². The van der Waals surface area contributed by atoms with Crippen molar-refractivity contribution in [2.75, 3.05) is 0 Å². The second-order valence-electron chi connectivity index (χ2n) is 4.49. The van der Waals surface area contributed by atoms with Gasteiger partial charge in [-0.05, 0) is 19.1 Å². The van der Waals surface area contributed by atoms with Gasteiger partial charge in [0.05, 0.1) is 6.04 Å². The zero-order chi connectivity index (χ0) is 12.2. The maximum atomic E-state index is 13.8. The lowest BCUT2D eigenvalue weighted by Crippen LogP contribution is -2.62. The van der Waals surface area contributed by atoms with Crippen molar-refractivity contribution in [3.63, 3.8) is 0 Å². The molecule has 0 aliphatic carbocycles. The Morgan fingerprint density at radius 3 is 3.12 bits per heavy atom. The summed E-state index contributed by atoms with van der Waals surface area (Å²) in [4.78, 5) is 11.4. The molecule has 1 saturated heterocycles. The number of carbonyl (C=O) groups excluding carboxylic acids is 1. The smallest absolute Gasteiger partial charge is 0.318 e. The highest BCUT2D eigenvalue weighted by atomic mass is 35.5. The summed E-state index contributed by atoms with van der Waals surface area (Å²) in [5, 5.41) is 5.66. The number of carbonyl (C=O) groups is 1. The molecular weight excluding hydrogens is 247 g/mol. The first kappa shape index (κ1) is 10.7. The molecule has 2 aliphatic rings. The van der Waals surface area contributed by atoms with Crippen LogP contribution in [0.15, 0.2) is 12.1 Å². The second kappa shape index (κ2) is 3.26. The lowest BCUT2D eigenvalue weighted by atomic mass is 9.92. The number of hydrogen-bond donors (Lipinski definition) is 2. The zero-order valence-electron chi connectivity index (χ0n) is 9.01. The van der Waals surface area contributed by atoms with Gasteiger partial charge in [-0.15, -0.1) is 0 Å². The van der Waals surface area contributed by atoms with E-state index in [1.54, 1.807) is 13.0 Å². The van der Waals surface area contributed by atoms with Crippen LogP contribution in [0.4, 0.5) is 9.18 Å². The van der Waals surface area contributed by atoms with Crippen molar-refractivity contribution in [2.45, 2.75) is 25.1 Å². The largest absolute Gasteiger partial charge is 0.465 e. The molecule has 17 heavy (non-hydrogen) atoms. The number of rotatable bonds is 0. The molecule has 2 unspecified atom stereocenters. The van der Waals surface area contributed by atoms with Crippen LogP contribution in [0.2, 0.25) is 5.02 Å². The normalized spacial score (nSPS) is 29.8. The van der Waals surface area contributed by atoms with Gasteiger partial charge in [-0.3, -0.25) is 0 Å². The van der Waals surface area contributed by atoms with Crippen molar-refractivity contribution >= 4 is 17.6 Å². The van der Waals surface area contributed by atoms with E-state index < -0.39 is 11.5 Å². The fourth-order valence-corrected chi connectivity index (χ4v) is 2.57. The molecule has 2 aliphatic heterocycles. The monoisotopic (exact) mass is 256 g/mol. The summed E-state index contributed by atoms with van der Waals surface area (Å²) in [6.07, 6.45) is 0.533. The van der Waals surface area contributed by atoms with Gasteiger partial charge in [-0.2, -0.15) is 0 Å². The van der Waals surface area contributed by atoms with Gasteiger partial charge in [0, 0.05) is 17.0 Å². The molecule has 1 fully saturated rings. The molecule has 2 amide bonds. The van der Waals surface area contributed by atoms with Crippen LogP contribution in [-0.2, 0) is 0 Å². The molecule has 0 saturated carbocycles. The van der Waals surface area contributed by atoms with Crippen molar-refractivity contribution < 1.29 is 13.9 Å². The number of benzene rings is 1. The summed E-state index contributed by atoms with van der Waals surface area (Å²) < 4.78 is 19.3. The summed E-state index contributed by atoms with van der Waals surface area (Å²) in [6, 6.07) is 2.23. The third-order valence-electron chi connectivity index (χ3n) is 3.02. The molecule has 6 heteroatoms. The first-order valence-corrected chi connectivity index (χ1v) is 5.61.